The summed E-state index contributed by atoms with van der Waals surface area (Å²) in [6.07, 6.45) is 0.347. The fraction of sp³-hybridized carbons (Fsp3) is 0.400. The summed E-state index contributed by atoms with van der Waals surface area (Å²) in [5.41, 5.74) is 6.91. The van der Waals surface area contributed by atoms with Crippen LogP contribution in [0.5, 0.6) is 0 Å². The van der Waals surface area contributed by atoms with Gasteiger partial charge in [0.05, 0.1) is 12.3 Å². The molecule has 1 aromatic heterocycles. The molecule has 6 heteroatoms. The predicted octanol–water partition coefficient (Wildman–Crippen LogP) is 1.44. The highest BCUT2D eigenvalue weighted by Crippen LogP contribution is 2.29. The van der Waals surface area contributed by atoms with Gasteiger partial charge in [0.1, 0.15) is 11.6 Å². The Balaban J connectivity index is 2.47. The first-order valence-corrected chi connectivity index (χ1v) is 6.67. The summed E-state index contributed by atoms with van der Waals surface area (Å²) in [4.78, 5) is 0. The third-order valence-corrected chi connectivity index (χ3v) is 3.79. The molecule has 0 saturated heterocycles. The van der Waals surface area contributed by atoms with Crippen LogP contribution in [0.25, 0.3) is 0 Å². The number of hydrogen-bond acceptors (Lipinski definition) is 3. The third kappa shape index (κ3) is 3.11. The smallest absolute Gasteiger partial charge is 0.126 e. The van der Waals surface area contributed by atoms with Gasteiger partial charge in [0, 0.05) is 37.2 Å². The maximum atomic E-state index is 13.5. The van der Waals surface area contributed by atoms with Gasteiger partial charge in [-0.25, -0.2) is 8.78 Å². The zero-order valence-electron chi connectivity index (χ0n) is 12.1. The number of aromatic nitrogens is 2. The average Bonchev–Trinajstić information content (AvgIpc) is 2.73. The lowest BCUT2D eigenvalue weighted by Gasteiger charge is -2.31. The minimum Gasteiger partial charge on any atom is -0.395 e. The van der Waals surface area contributed by atoms with Crippen molar-refractivity contribution in [1.82, 2.24) is 9.78 Å². The summed E-state index contributed by atoms with van der Waals surface area (Å²) in [5, 5.41) is 14.1. The van der Waals surface area contributed by atoms with Gasteiger partial charge in [-0.15, -0.1) is 0 Å². The SMILES string of the molecule is Cc1cc(CC(CN)(CO)c2cc(F)cc(F)c2)n(C)n1. The van der Waals surface area contributed by atoms with E-state index < -0.39 is 17.0 Å². The average molecular weight is 295 g/mol. The molecule has 114 valence electrons. The normalized spacial score (nSPS) is 14.2. The summed E-state index contributed by atoms with van der Waals surface area (Å²) in [6.45, 7) is 1.61. The zero-order valence-corrected chi connectivity index (χ0v) is 12.1. The topological polar surface area (TPSA) is 64.1 Å². The predicted molar refractivity (Wildman–Crippen MR) is 75.8 cm³/mol. The van der Waals surface area contributed by atoms with Crippen molar-refractivity contribution >= 4 is 0 Å². The number of halogens is 2. The van der Waals surface area contributed by atoms with E-state index in [1.54, 1.807) is 11.7 Å². The molecule has 1 unspecified atom stereocenters. The molecule has 0 spiro atoms. The molecule has 0 aliphatic rings. The van der Waals surface area contributed by atoms with Crippen LogP contribution in [0.3, 0.4) is 0 Å². The molecule has 0 bridgehead atoms. The van der Waals surface area contributed by atoms with Gasteiger partial charge in [0.15, 0.2) is 0 Å². The molecule has 1 atom stereocenters. The van der Waals surface area contributed by atoms with E-state index in [-0.39, 0.29) is 13.2 Å². The number of benzene rings is 1. The molecular weight excluding hydrogens is 276 g/mol. The summed E-state index contributed by atoms with van der Waals surface area (Å²) in [6, 6.07) is 5.11. The van der Waals surface area contributed by atoms with Gasteiger partial charge < -0.3 is 10.8 Å². The first kappa shape index (κ1) is 15.6. The van der Waals surface area contributed by atoms with E-state index >= 15 is 0 Å². The van der Waals surface area contributed by atoms with Crippen LogP contribution in [0.4, 0.5) is 8.78 Å². The standard InChI is InChI=1S/C15H19F2N3O/c1-10-3-14(20(2)19-10)7-15(8-18,9-21)11-4-12(16)6-13(17)5-11/h3-6,21H,7-9,18H2,1-2H3. The van der Waals surface area contributed by atoms with E-state index in [0.717, 1.165) is 17.5 Å². The summed E-state index contributed by atoms with van der Waals surface area (Å²) in [7, 11) is 1.78. The van der Waals surface area contributed by atoms with Crippen molar-refractivity contribution in [2.45, 2.75) is 18.8 Å². The van der Waals surface area contributed by atoms with Crippen LogP contribution in [0.2, 0.25) is 0 Å². The van der Waals surface area contributed by atoms with Crippen LogP contribution < -0.4 is 5.73 Å². The molecule has 0 saturated carbocycles. The van der Waals surface area contributed by atoms with E-state index in [1.165, 1.54) is 12.1 Å². The minimum atomic E-state index is -0.941. The number of rotatable bonds is 5. The van der Waals surface area contributed by atoms with Crippen LogP contribution >= 0.6 is 0 Å². The largest absolute Gasteiger partial charge is 0.395 e. The number of nitrogens with two attached hydrogens (primary N) is 1. The van der Waals surface area contributed by atoms with Crippen LogP contribution in [0, 0.1) is 18.6 Å². The highest BCUT2D eigenvalue weighted by Gasteiger charge is 2.32. The van der Waals surface area contributed by atoms with Gasteiger partial charge in [-0.05, 0) is 30.7 Å². The van der Waals surface area contributed by atoms with Crippen molar-refractivity contribution in [2.24, 2.45) is 12.8 Å². The second-order valence-electron chi connectivity index (χ2n) is 5.38. The van der Waals surface area contributed by atoms with Gasteiger partial charge in [-0.3, -0.25) is 4.68 Å². The second kappa shape index (κ2) is 5.91. The number of aliphatic hydroxyl groups excluding tert-OH is 1. The van der Waals surface area contributed by atoms with Gasteiger partial charge >= 0.3 is 0 Å². The maximum absolute atomic E-state index is 13.5. The summed E-state index contributed by atoms with van der Waals surface area (Å²) < 4.78 is 28.6. The van der Waals surface area contributed by atoms with E-state index in [0.29, 0.717) is 12.0 Å². The Labute approximate surface area is 122 Å². The first-order valence-electron chi connectivity index (χ1n) is 6.67. The monoisotopic (exact) mass is 295 g/mol. The van der Waals surface area contributed by atoms with Crippen molar-refractivity contribution in [2.75, 3.05) is 13.2 Å². The molecule has 1 heterocycles. The van der Waals surface area contributed by atoms with Crippen molar-refractivity contribution in [3.05, 3.63) is 52.9 Å². The van der Waals surface area contributed by atoms with Crippen molar-refractivity contribution in [3.8, 4) is 0 Å². The lowest BCUT2D eigenvalue weighted by Crippen LogP contribution is -2.41. The lowest BCUT2D eigenvalue weighted by atomic mass is 9.77. The number of nitrogens with zero attached hydrogens (tertiary/aromatic N) is 2. The molecule has 0 fully saturated rings. The van der Waals surface area contributed by atoms with E-state index in [1.807, 2.05) is 13.0 Å². The van der Waals surface area contributed by atoms with E-state index in [4.69, 9.17) is 5.73 Å². The molecule has 1 aromatic carbocycles. The molecule has 0 radical (unpaired) electrons. The first-order chi connectivity index (χ1) is 9.90. The molecule has 3 N–H and O–H groups in total. The zero-order chi connectivity index (χ0) is 15.6. The van der Waals surface area contributed by atoms with Crippen LogP contribution in [0.1, 0.15) is 17.0 Å². The van der Waals surface area contributed by atoms with Gasteiger partial charge in [-0.1, -0.05) is 0 Å². The number of aryl methyl sites for hydroxylation is 2. The highest BCUT2D eigenvalue weighted by molar-refractivity contribution is 5.30. The van der Waals surface area contributed by atoms with E-state index in [2.05, 4.69) is 5.10 Å². The van der Waals surface area contributed by atoms with Crippen LogP contribution in [-0.4, -0.2) is 28.0 Å². The van der Waals surface area contributed by atoms with Crippen molar-refractivity contribution in [3.63, 3.8) is 0 Å². The van der Waals surface area contributed by atoms with Crippen LogP contribution in [-0.2, 0) is 18.9 Å². The number of hydrogen-bond donors (Lipinski definition) is 2. The quantitative estimate of drug-likeness (QED) is 0.877. The Bertz CT molecular complexity index is 616. The fourth-order valence-corrected chi connectivity index (χ4v) is 2.54. The summed E-state index contributed by atoms with van der Waals surface area (Å²) >= 11 is 0. The fourth-order valence-electron chi connectivity index (χ4n) is 2.54. The van der Waals surface area contributed by atoms with Crippen molar-refractivity contribution < 1.29 is 13.9 Å². The Hall–Kier alpha value is -1.79. The summed E-state index contributed by atoms with van der Waals surface area (Å²) in [5.74, 6) is -1.37. The molecule has 0 aliphatic carbocycles. The highest BCUT2D eigenvalue weighted by atomic mass is 19.1. The third-order valence-electron chi connectivity index (χ3n) is 3.79. The Morgan fingerprint density at radius 1 is 1.24 bits per heavy atom. The van der Waals surface area contributed by atoms with Gasteiger partial charge in [-0.2, -0.15) is 5.10 Å². The van der Waals surface area contributed by atoms with E-state index in [9.17, 15) is 13.9 Å². The molecule has 2 aromatic rings. The molecule has 0 amide bonds. The van der Waals surface area contributed by atoms with Crippen molar-refractivity contribution in [1.29, 1.82) is 0 Å². The van der Waals surface area contributed by atoms with Gasteiger partial charge in [0.2, 0.25) is 0 Å². The molecular formula is C15H19F2N3O. The van der Waals surface area contributed by atoms with Gasteiger partial charge in [0.25, 0.3) is 0 Å². The molecule has 0 aliphatic heterocycles. The van der Waals surface area contributed by atoms with Crippen LogP contribution in [0.15, 0.2) is 24.3 Å². The maximum Gasteiger partial charge on any atom is 0.126 e. The Morgan fingerprint density at radius 2 is 1.86 bits per heavy atom. The molecule has 4 nitrogen and oxygen atoms in total. The number of aliphatic hydroxyl groups is 1. The molecule has 2 rings (SSSR count). The Morgan fingerprint density at radius 3 is 2.29 bits per heavy atom. The molecule has 21 heavy (non-hydrogen) atoms. The lowest BCUT2D eigenvalue weighted by molar-refractivity contribution is 0.193. The minimum absolute atomic E-state index is 0.0661. The Kier molecular flexibility index (Phi) is 4.39. The second-order valence-corrected chi connectivity index (χ2v) is 5.38.